The first-order valence-corrected chi connectivity index (χ1v) is 6.51. The highest BCUT2D eigenvalue weighted by molar-refractivity contribution is 6.32. The first-order valence-electron chi connectivity index (χ1n) is 6.13. The molecule has 0 spiro atoms. The highest BCUT2D eigenvalue weighted by atomic mass is 35.5. The molecule has 0 saturated heterocycles. The highest BCUT2D eigenvalue weighted by Gasteiger charge is 2.19. The molecule has 3 aromatic rings. The monoisotopic (exact) mass is 317 g/mol. The smallest absolute Gasteiger partial charge is 0.336 e. The molecule has 0 bridgehead atoms. The fourth-order valence-electron chi connectivity index (χ4n) is 2.26. The summed E-state index contributed by atoms with van der Waals surface area (Å²) in [6.45, 7) is 0. The maximum absolute atomic E-state index is 11.4. The molecule has 0 aliphatic carbocycles. The number of nitro benzene ring substituents is 1. The number of H-pyrrole nitrogens is 1. The molecule has 8 heteroatoms. The number of fused-ring (bicyclic) bond motifs is 1. The van der Waals surface area contributed by atoms with Gasteiger partial charge in [0.2, 0.25) is 0 Å². The van der Waals surface area contributed by atoms with Crippen molar-refractivity contribution in [3.05, 3.63) is 57.1 Å². The normalized spacial score (nSPS) is 10.8. The number of aromatic carboxylic acids is 1. The number of benzene rings is 2. The fraction of sp³-hybridized carbons (Fsp3) is 0. The van der Waals surface area contributed by atoms with Crippen molar-refractivity contribution in [1.82, 2.24) is 10.2 Å². The summed E-state index contributed by atoms with van der Waals surface area (Å²) in [7, 11) is 0. The number of carboxylic acids is 1. The average molecular weight is 318 g/mol. The van der Waals surface area contributed by atoms with E-state index >= 15 is 0 Å². The fourth-order valence-corrected chi connectivity index (χ4v) is 2.45. The zero-order chi connectivity index (χ0) is 15.9. The molecular formula is C14H8ClN3O4. The van der Waals surface area contributed by atoms with E-state index in [-0.39, 0.29) is 16.3 Å². The second-order valence-corrected chi connectivity index (χ2v) is 4.94. The van der Waals surface area contributed by atoms with Gasteiger partial charge in [-0.3, -0.25) is 15.2 Å². The lowest BCUT2D eigenvalue weighted by atomic mass is 10.0. The topological polar surface area (TPSA) is 109 Å². The molecule has 3 rings (SSSR count). The summed E-state index contributed by atoms with van der Waals surface area (Å²) >= 11 is 5.79. The van der Waals surface area contributed by atoms with Crippen molar-refractivity contribution in [3.8, 4) is 11.3 Å². The van der Waals surface area contributed by atoms with E-state index in [0.29, 0.717) is 22.2 Å². The summed E-state index contributed by atoms with van der Waals surface area (Å²) in [5.74, 6) is -1.10. The van der Waals surface area contributed by atoms with Gasteiger partial charge in [-0.15, -0.1) is 0 Å². The lowest BCUT2D eigenvalue weighted by Crippen LogP contribution is -1.97. The molecule has 2 aromatic carbocycles. The number of carboxylic acid groups (broad SMARTS) is 1. The highest BCUT2D eigenvalue weighted by Crippen LogP contribution is 2.34. The van der Waals surface area contributed by atoms with Crippen molar-refractivity contribution in [2.24, 2.45) is 0 Å². The Kier molecular flexibility index (Phi) is 3.26. The van der Waals surface area contributed by atoms with Gasteiger partial charge >= 0.3 is 5.97 Å². The summed E-state index contributed by atoms with van der Waals surface area (Å²) < 4.78 is 0. The van der Waals surface area contributed by atoms with Crippen LogP contribution in [0.1, 0.15) is 10.4 Å². The third-order valence-corrected chi connectivity index (χ3v) is 3.56. The standard InChI is InChI=1S/C14H8ClN3O4/c15-9-5-4-7(6-11(9)18(21)22)13-12-8(14(19)20)2-1-3-10(12)16-17-13/h1-6H,(H,16,17)(H,19,20). The number of aromatic amines is 1. The van der Waals surface area contributed by atoms with Crippen LogP contribution in [0.5, 0.6) is 0 Å². The predicted octanol–water partition coefficient (Wildman–Crippen LogP) is 3.49. The molecule has 0 fully saturated rings. The summed E-state index contributed by atoms with van der Waals surface area (Å²) in [5.41, 5.74) is 1.08. The minimum atomic E-state index is -1.10. The van der Waals surface area contributed by atoms with Crippen molar-refractivity contribution < 1.29 is 14.8 Å². The number of nitrogens with zero attached hydrogens (tertiary/aromatic N) is 2. The van der Waals surface area contributed by atoms with Crippen LogP contribution in [0.25, 0.3) is 22.2 Å². The van der Waals surface area contributed by atoms with Crippen molar-refractivity contribution in [3.63, 3.8) is 0 Å². The Hall–Kier alpha value is -2.93. The van der Waals surface area contributed by atoms with Crippen LogP contribution in [0.15, 0.2) is 36.4 Å². The molecule has 1 heterocycles. The van der Waals surface area contributed by atoms with Gasteiger partial charge in [0.15, 0.2) is 0 Å². The third-order valence-electron chi connectivity index (χ3n) is 3.24. The maximum atomic E-state index is 11.4. The van der Waals surface area contributed by atoms with Crippen LogP contribution < -0.4 is 0 Å². The van der Waals surface area contributed by atoms with E-state index in [9.17, 15) is 20.0 Å². The Morgan fingerprint density at radius 3 is 2.77 bits per heavy atom. The van der Waals surface area contributed by atoms with Gasteiger partial charge in [-0.1, -0.05) is 23.7 Å². The number of rotatable bonds is 3. The number of carbonyl (C=O) groups is 1. The van der Waals surface area contributed by atoms with E-state index in [1.54, 1.807) is 18.2 Å². The van der Waals surface area contributed by atoms with Crippen LogP contribution in [0.3, 0.4) is 0 Å². The molecule has 2 N–H and O–H groups in total. The van der Waals surface area contributed by atoms with Crippen LogP contribution in [-0.4, -0.2) is 26.2 Å². The molecule has 110 valence electrons. The molecular weight excluding hydrogens is 310 g/mol. The quantitative estimate of drug-likeness (QED) is 0.567. The van der Waals surface area contributed by atoms with Crippen LogP contribution >= 0.6 is 11.6 Å². The maximum Gasteiger partial charge on any atom is 0.336 e. The molecule has 0 amide bonds. The SMILES string of the molecule is O=C(O)c1cccc2[nH]nc(-c3ccc(Cl)c([N+](=O)[O-])c3)c12. The number of nitro groups is 1. The zero-order valence-electron chi connectivity index (χ0n) is 10.9. The van der Waals surface area contributed by atoms with Crippen molar-refractivity contribution in [2.75, 3.05) is 0 Å². The summed E-state index contributed by atoms with van der Waals surface area (Å²) in [6.07, 6.45) is 0. The van der Waals surface area contributed by atoms with E-state index < -0.39 is 10.9 Å². The Morgan fingerprint density at radius 1 is 1.32 bits per heavy atom. The molecule has 0 aliphatic rings. The van der Waals surface area contributed by atoms with Crippen molar-refractivity contribution >= 4 is 34.2 Å². The Morgan fingerprint density at radius 2 is 2.09 bits per heavy atom. The Labute approximate surface area is 128 Å². The lowest BCUT2D eigenvalue weighted by molar-refractivity contribution is -0.384. The largest absolute Gasteiger partial charge is 0.478 e. The van der Waals surface area contributed by atoms with Gasteiger partial charge in [0.1, 0.15) is 10.7 Å². The average Bonchev–Trinajstić information content (AvgIpc) is 2.91. The number of nitrogens with one attached hydrogen (secondary N) is 1. The van der Waals surface area contributed by atoms with E-state index in [1.807, 2.05) is 0 Å². The molecule has 0 unspecified atom stereocenters. The molecule has 0 radical (unpaired) electrons. The van der Waals surface area contributed by atoms with Gasteiger partial charge < -0.3 is 5.11 Å². The molecule has 0 atom stereocenters. The van der Waals surface area contributed by atoms with Gasteiger partial charge in [-0.05, 0) is 18.2 Å². The van der Waals surface area contributed by atoms with Crippen molar-refractivity contribution in [1.29, 1.82) is 0 Å². The van der Waals surface area contributed by atoms with Gasteiger partial charge in [-0.2, -0.15) is 5.10 Å². The first kappa shape index (κ1) is 14.0. The van der Waals surface area contributed by atoms with E-state index in [1.165, 1.54) is 18.2 Å². The number of aromatic nitrogens is 2. The second kappa shape index (κ2) is 5.12. The summed E-state index contributed by atoms with van der Waals surface area (Å²) in [4.78, 5) is 21.7. The van der Waals surface area contributed by atoms with Crippen molar-refractivity contribution in [2.45, 2.75) is 0 Å². The van der Waals surface area contributed by atoms with Crippen LogP contribution in [0.4, 0.5) is 5.69 Å². The third kappa shape index (κ3) is 2.17. The molecule has 0 aliphatic heterocycles. The van der Waals surface area contributed by atoms with E-state index in [2.05, 4.69) is 10.2 Å². The predicted molar refractivity (Wildman–Crippen MR) is 80.2 cm³/mol. The zero-order valence-corrected chi connectivity index (χ0v) is 11.7. The molecule has 1 aromatic heterocycles. The van der Waals surface area contributed by atoms with Gasteiger partial charge in [-0.25, -0.2) is 4.79 Å². The molecule has 0 saturated carbocycles. The summed E-state index contributed by atoms with van der Waals surface area (Å²) in [5, 5.41) is 27.5. The Balaban J connectivity index is 2.29. The second-order valence-electron chi connectivity index (χ2n) is 4.53. The summed E-state index contributed by atoms with van der Waals surface area (Å²) in [6, 6.07) is 8.95. The first-order chi connectivity index (χ1) is 10.5. The number of hydrogen-bond acceptors (Lipinski definition) is 4. The van der Waals surface area contributed by atoms with Crippen LogP contribution in [-0.2, 0) is 0 Å². The molecule has 7 nitrogen and oxygen atoms in total. The van der Waals surface area contributed by atoms with Gasteiger partial charge in [0.25, 0.3) is 5.69 Å². The minimum Gasteiger partial charge on any atom is -0.478 e. The lowest BCUT2D eigenvalue weighted by Gasteiger charge is -2.02. The molecule has 22 heavy (non-hydrogen) atoms. The Bertz CT molecular complexity index is 920. The van der Waals surface area contributed by atoms with Crippen LogP contribution in [0, 0.1) is 10.1 Å². The van der Waals surface area contributed by atoms with Crippen LogP contribution in [0.2, 0.25) is 5.02 Å². The number of halogens is 1. The number of hydrogen-bond donors (Lipinski definition) is 2. The minimum absolute atomic E-state index is 0.00653. The van der Waals surface area contributed by atoms with Gasteiger partial charge in [0.05, 0.1) is 16.0 Å². The van der Waals surface area contributed by atoms with E-state index in [4.69, 9.17) is 11.6 Å². The van der Waals surface area contributed by atoms with E-state index in [0.717, 1.165) is 0 Å². The van der Waals surface area contributed by atoms with Gasteiger partial charge in [0, 0.05) is 17.0 Å².